The molecule has 0 spiro atoms. The van der Waals surface area contributed by atoms with Crippen LogP contribution in [-0.4, -0.2) is 23.1 Å². The van der Waals surface area contributed by atoms with Gasteiger partial charge < -0.3 is 9.84 Å². The molecule has 0 aliphatic carbocycles. The number of carboxylic acid groups (broad SMARTS) is 1. The van der Waals surface area contributed by atoms with Crippen LogP contribution in [0.1, 0.15) is 81.0 Å². The first-order chi connectivity index (χ1) is 11.1. The highest BCUT2D eigenvalue weighted by atomic mass is 16.5. The second kappa shape index (κ2) is 8.86. The van der Waals surface area contributed by atoms with Gasteiger partial charge in [-0.3, -0.25) is 0 Å². The number of ether oxygens (including phenoxy) is 1. The number of hydrogen-bond acceptors (Lipinski definition) is 3. The maximum absolute atomic E-state index is 12.4. The summed E-state index contributed by atoms with van der Waals surface area (Å²) in [6, 6.07) is 6.19. The molecule has 4 heteroatoms. The molecule has 0 amide bonds. The number of aromatic carboxylic acids is 1. The van der Waals surface area contributed by atoms with Crippen LogP contribution in [0.3, 0.4) is 0 Å². The Kier molecular flexibility index (Phi) is 7.46. The fraction of sp³-hybridized carbons (Fsp3) is 0.600. The van der Waals surface area contributed by atoms with Gasteiger partial charge in [0.1, 0.15) is 6.10 Å². The zero-order valence-corrected chi connectivity index (χ0v) is 15.5. The van der Waals surface area contributed by atoms with Crippen LogP contribution in [0.2, 0.25) is 0 Å². The number of carbonyl (C=O) groups is 2. The van der Waals surface area contributed by atoms with E-state index in [0.29, 0.717) is 5.92 Å². The van der Waals surface area contributed by atoms with Gasteiger partial charge in [0.2, 0.25) is 0 Å². The quantitative estimate of drug-likeness (QED) is 0.666. The minimum Gasteiger partial charge on any atom is -0.478 e. The van der Waals surface area contributed by atoms with Gasteiger partial charge in [0.05, 0.1) is 11.1 Å². The summed E-state index contributed by atoms with van der Waals surface area (Å²) in [5, 5.41) is 9.22. The van der Waals surface area contributed by atoms with Crippen LogP contribution in [0.25, 0.3) is 0 Å². The number of esters is 1. The lowest BCUT2D eigenvalue weighted by molar-refractivity contribution is 0.0205. The third-order valence-electron chi connectivity index (χ3n) is 3.89. The molecular weight excluding hydrogens is 304 g/mol. The van der Waals surface area contributed by atoms with Crippen LogP contribution >= 0.6 is 0 Å². The number of benzene rings is 1. The molecule has 0 saturated carbocycles. The van der Waals surface area contributed by atoms with E-state index < -0.39 is 11.9 Å². The molecule has 0 saturated heterocycles. The SMILES string of the molecule is CCCC(CC(C)CC(C)(C)C)OC(=O)c1ccccc1C(=O)O. The van der Waals surface area contributed by atoms with Gasteiger partial charge in [-0.25, -0.2) is 9.59 Å². The zero-order valence-electron chi connectivity index (χ0n) is 15.5. The van der Waals surface area contributed by atoms with E-state index in [-0.39, 0.29) is 22.6 Å². The van der Waals surface area contributed by atoms with Crippen molar-refractivity contribution in [3.8, 4) is 0 Å². The first-order valence-electron chi connectivity index (χ1n) is 8.67. The Morgan fingerprint density at radius 3 is 2.25 bits per heavy atom. The van der Waals surface area contributed by atoms with Crippen LogP contribution < -0.4 is 0 Å². The van der Waals surface area contributed by atoms with Crippen LogP contribution in [-0.2, 0) is 4.74 Å². The van der Waals surface area contributed by atoms with Crippen LogP contribution in [0.4, 0.5) is 0 Å². The van der Waals surface area contributed by atoms with E-state index in [2.05, 4.69) is 34.6 Å². The second-order valence-corrected chi connectivity index (χ2v) is 7.77. The summed E-state index contributed by atoms with van der Waals surface area (Å²) in [4.78, 5) is 23.7. The minimum absolute atomic E-state index is 0.0134. The molecule has 0 bridgehead atoms. The van der Waals surface area contributed by atoms with E-state index in [9.17, 15) is 14.7 Å². The van der Waals surface area contributed by atoms with Gasteiger partial charge in [-0.1, -0.05) is 53.2 Å². The van der Waals surface area contributed by atoms with Crippen molar-refractivity contribution in [1.29, 1.82) is 0 Å². The fourth-order valence-electron chi connectivity index (χ4n) is 3.19. The molecule has 1 aromatic rings. The molecule has 1 N–H and O–H groups in total. The first kappa shape index (κ1) is 20.2. The lowest BCUT2D eigenvalue weighted by Gasteiger charge is -2.26. The van der Waals surface area contributed by atoms with Gasteiger partial charge in [0, 0.05) is 0 Å². The molecule has 2 unspecified atom stereocenters. The largest absolute Gasteiger partial charge is 0.478 e. The Morgan fingerprint density at radius 1 is 1.17 bits per heavy atom. The minimum atomic E-state index is -1.12. The lowest BCUT2D eigenvalue weighted by atomic mass is 9.83. The Bertz CT molecular complexity index is 557. The van der Waals surface area contributed by atoms with Crippen molar-refractivity contribution in [1.82, 2.24) is 0 Å². The Labute approximate surface area is 145 Å². The summed E-state index contributed by atoms with van der Waals surface area (Å²) in [6.07, 6.45) is 3.38. The van der Waals surface area contributed by atoms with Crippen molar-refractivity contribution in [3.63, 3.8) is 0 Å². The summed E-state index contributed by atoms with van der Waals surface area (Å²) in [5.41, 5.74) is 0.339. The summed E-state index contributed by atoms with van der Waals surface area (Å²) in [5.74, 6) is -1.23. The third kappa shape index (κ3) is 6.73. The van der Waals surface area contributed by atoms with Crippen LogP contribution in [0, 0.1) is 11.3 Å². The predicted octanol–water partition coefficient (Wildman–Crippen LogP) is 5.17. The average Bonchev–Trinajstić information content (AvgIpc) is 2.45. The molecule has 0 aliphatic heterocycles. The molecule has 1 rings (SSSR count). The summed E-state index contributed by atoms with van der Waals surface area (Å²) >= 11 is 0. The average molecular weight is 334 g/mol. The standard InChI is InChI=1S/C20H30O4/c1-6-9-15(12-14(2)13-20(3,4)5)24-19(23)17-11-8-7-10-16(17)18(21)22/h7-8,10-11,14-15H,6,9,12-13H2,1-5H3,(H,21,22). The van der Waals surface area contributed by atoms with Crippen molar-refractivity contribution in [2.75, 3.05) is 0 Å². The maximum Gasteiger partial charge on any atom is 0.339 e. The smallest absolute Gasteiger partial charge is 0.339 e. The van der Waals surface area contributed by atoms with Crippen molar-refractivity contribution >= 4 is 11.9 Å². The highest BCUT2D eigenvalue weighted by molar-refractivity contribution is 6.02. The van der Waals surface area contributed by atoms with Gasteiger partial charge in [-0.15, -0.1) is 0 Å². The van der Waals surface area contributed by atoms with Gasteiger partial charge in [0.15, 0.2) is 0 Å². The number of hydrogen-bond donors (Lipinski definition) is 1. The highest BCUT2D eigenvalue weighted by Crippen LogP contribution is 2.28. The molecule has 4 nitrogen and oxygen atoms in total. The Balaban J connectivity index is 2.81. The van der Waals surface area contributed by atoms with Crippen molar-refractivity contribution in [3.05, 3.63) is 35.4 Å². The molecule has 0 radical (unpaired) electrons. The van der Waals surface area contributed by atoms with Gasteiger partial charge >= 0.3 is 11.9 Å². The van der Waals surface area contributed by atoms with E-state index >= 15 is 0 Å². The summed E-state index contributed by atoms with van der Waals surface area (Å²) < 4.78 is 5.65. The molecule has 134 valence electrons. The first-order valence-corrected chi connectivity index (χ1v) is 8.67. The molecule has 0 fully saturated rings. The summed E-state index contributed by atoms with van der Waals surface area (Å²) in [7, 11) is 0. The normalized spacial score (nSPS) is 14.0. The number of rotatable bonds is 8. The van der Waals surface area contributed by atoms with Crippen LogP contribution in [0.15, 0.2) is 24.3 Å². The summed E-state index contributed by atoms with van der Waals surface area (Å²) in [6.45, 7) is 10.8. The van der Waals surface area contributed by atoms with E-state index in [4.69, 9.17) is 4.74 Å². The topological polar surface area (TPSA) is 63.6 Å². The maximum atomic E-state index is 12.4. The number of carbonyl (C=O) groups excluding carboxylic acids is 1. The molecule has 2 atom stereocenters. The number of carboxylic acids is 1. The fourth-order valence-corrected chi connectivity index (χ4v) is 3.19. The highest BCUT2D eigenvalue weighted by Gasteiger charge is 2.24. The Morgan fingerprint density at radius 2 is 1.75 bits per heavy atom. The molecule has 1 aromatic carbocycles. The van der Waals surface area contributed by atoms with E-state index in [0.717, 1.165) is 25.7 Å². The molecule has 0 aromatic heterocycles. The van der Waals surface area contributed by atoms with Gasteiger partial charge in [-0.05, 0) is 42.7 Å². The monoisotopic (exact) mass is 334 g/mol. The Hall–Kier alpha value is -1.84. The van der Waals surface area contributed by atoms with Crippen molar-refractivity contribution in [2.45, 2.75) is 66.4 Å². The molecule has 24 heavy (non-hydrogen) atoms. The molecular formula is C20H30O4. The van der Waals surface area contributed by atoms with E-state index in [1.807, 2.05) is 0 Å². The molecule has 0 aliphatic rings. The lowest BCUT2D eigenvalue weighted by Crippen LogP contribution is -2.23. The van der Waals surface area contributed by atoms with Crippen molar-refractivity contribution < 1.29 is 19.4 Å². The van der Waals surface area contributed by atoms with Gasteiger partial charge in [-0.2, -0.15) is 0 Å². The van der Waals surface area contributed by atoms with E-state index in [1.165, 1.54) is 12.1 Å². The predicted molar refractivity (Wildman–Crippen MR) is 95.4 cm³/mol. The zero-order chi connectivity index (χ0) is 18.3. The second-order valence-electron chi connectivity index (χ2n) is 7.77. The van der Waals surface area contributed by atoms with Gasteiger partial charge in [0.25, 0.3) is 0 Å². The third-order valence-corrected chi connectivity index (χ3v) is 3.89. The van der Waals surface area contributed by atoms with Crippen LogP contribution in [0.5, 0.6) is 0 Å². The molecule has 0 heterocycles. The van der Waals surface area contributed by atoms with E-state index in [1.54, 1.807) is 12.1 Å². The van der Waals surface area contributed by atoms with Crippen molar-refractivity contribution in [2.24, 2.45) is 11.3 Å².